The zero-order valence-corrected chi connectivity index (χ0v) is 11.8. The average Bonchev–Trinajstić information content (AvgIpc) is 2.79. The quantitative estimate of drug-likeness (QED) is 0.243. The lowest BCUT2D eigenvalue weighted by Gasteiger charge is -2.01. The predicted molar refractivity (Wildman–Crippen MR) is 74.8 cm³/mol. The van der Waals surface area contributed by atoms with E-state index in [4.69, 9.17) is 0 Å². The number of benzene rings is 1. The molecule has 0 aliphatic rings. The fraction of sp³-hybridized carbons (Fsp3) is 0.167. The summed E-state index contributed by atoms with van der Waals surface area (Å²) in [5, 5.41) is 28.5. The molecule has 1 heterocycles. The van der Waals surface area contributed by atoms with Crippen molar-refractivity contribution in [1.29, 1.82) is 0 Å². The second-order valence-corrected chi connectivity index (χ2v) is 4.25. The monoisotopic (exact) mass is 304 g/mol. The molecule has 0 bridgehead atoms. The van der Waals surface area contributed by atoms with Gasteiger partial charge in [0.1, 0.15) is 7.05 Å². The van der Waals surface area contributed by atoms with Crippen molar-refractivity contribution in [3.05, 3.63) is 56.0 Å². The summed E-state index contributed by atoms with van der Waals surface area (Å²) < 4.78 is 1.21. The Hall–Kier alpha value is -3.30. The molecule has 2 aromatic rings. The molecule has 0 radical (unpaired) electrons. The molecule has 0 aliphatic carbocycles. The second-order valence-electron chi connectivity index (χ2n) is 4.25. The number of non-ortho nitro benzene ring substituents is 1. The first-order valence-corrected chi connectivity index (χ1v) is 6.08. The summed E-state index contributed by atoms with van der Waals surface area (Å²) in [7, 11) is 2.77. The van der Waals surface area contributed by atoms with E-state index in [1.165, 1.54) is 49.3 Å². The van der Waals surface area contributed by atoms with Crippen molar-refractivity contribution in [2.75, 3.05) is 7.05 Å². The molecule has 1 aromatic carbocycles. The van der Waals surface area contributed by atoms with E-state index < -0.39 is 16.4 Å². The summed E-state index contributed by atoms with van der Waals surface area (Å²) in [5.74, 6) is -0.659. The van der Waals surface area contributed by atoms with Crippen LogP contribution in [0.15, 0.2) is 39.2 Å². The van der Waals surface area contributed by atoms with Crippen LogP contribution in [0.2, 0.25) is 0 Å². The zero-order valence-electron chi connectivity index (χ0n) is 11.8. The largest absolute Gasteiger partial charge is 0.856 e. The van der Waals surface area contributed by atoms with Crippen LogP contribution >= 0.6 is 0 Å². The summed E-state index contributed by atoms with van der Waals surface area (Å²) in [6, 6.07) is 5.62. The predicted octanol–water partition coefficient (Wildman–Crippen LogP) is -1.47. The number of hydrogen-bond donors (Lipinski definition) is 1. The average molecular weight is 304 g/mol. The molecule has 114 valence electrons. The first-order valence-electron chi connectivity index (χ1n) is 6.08. The second kappa shape index (κ2) is 5.99. The Labute approximate surface area is 123 Å². The molecule has 10 heteroatoms. The molecular weight excluding hydrogens is 292 g/mol. The van der Waals surface area contributed by atoms with Crippen LogP contribution in [0.25, 0.3) is 0 Å². The number of rotatable bonds is 4. The van der Waals surface area contributed by atoms with Crippen molar-refractivity contribution < 1.29 is 14.7 Å². The van der Waals surface area contributed by atoms with Gasteiger partial charge in [-0.3, -0.25) is 15.1 Å². The highest BCUT2D eigenvalue weighted by molar-refractivity contribution is 5.86. The minimum absolute atomic E-state index is 0.0435. The normalized spacial score (nSPS) is 12.0. The van der Waals surface area contributed by atoms with Crippen LogP contribution in [0.1, 0.15) is 11.3 Å². The summed E-state index contributed by atoms with van der Waals surface area (Å²) in [5.41, 5.74) is -0.277. The highest BCUT2D eigenvalue weighted by atomic mass is 16.6. The number of nitro benzene ring substituents is 1. The van der Waals surface area contributed by atoms with Gasteiger partial charge in [-0.25, -0.2) is 4.79 Å². The van der Waals surface area contributed by atoms with E-state index >= 15 is 0 Å². The fourth-order valence-electron chi connectivity index (χ4n) is 1.71. The van der Waals surface area contributed by atoms with E-state index in [1.807, 2.05) is 0 Å². The van der Waals surface area contributed by atoms with Gasteiger partial charge in [-0.05, 0) is 17.7 Å². The van der Waals surface area contributed by atoms with Gasteiger partial charge in [-0.2, -0.15) is 4.68 Å². The van der Waals surface area contributed by atoms with E-state index in [2.05, 4.69) is 15.3 Å². The number of H-pyrrole nitrogens is 1. The minimum Gasteiger partial charge on any atom is -0.856 e. The lowest BCUT2D eigenvalue weighted by molar-refractivity contribution is -0.735. The van der Waals surface area contributed by atoms with Gasteiger partial charge in [-0.1, -0.05) is 10.3 Å². The van der Waals surface area contributed by atoms with Crippen molar-refractivity contribution in [2.45, 2.75) is 0 Å². The van der Waals surface area contributed by atoms with Crippen LogP contribution in [0.3, 0.4) is 0 Å². The van der Waals surface area contributed by atoms with Gasteiger partial charge in [-0.15, -0.1) is 0 Å². The summed E-state index contributed by atoms with van der Waals surface area (Å²) >= 11 is 0. The van der Waals surface area contributed by atoms with Crippen molar-refractivity contribution in [1.82, 2.24) is 10.0 Å². The van der Waals surface area contributed by atoms with E-state index in [0.29, 0.717) is 5.56 Å². The first-order chi connectivity index (χ1) is 10.4. The van der Waals surface area contributed by atoms with Crippen LogP contribution in [-0.4, -0.2) is 34.1 Å². The molecule has 0 fully saturated rings. The van der Waals surface area contributed by atoms with Gasteiger partial charge >= 0.3 is 5.56 Å². The highest BCUT2D eigenvalue weighted by Gasteiger charge is 2.18. The fourth-order valence-corrected chi connectivity index (χ4v) is 1.71. The van der Waals surface area contributed by atoms with Crippen LogP contribution in [0, 0.1) is 10.1 Å². The third-order valence-corrected chi connectivity index (χ3v) is 2.81. The summed E-state index contributed by atoms with van der Waals surface area (Å²) in [6.45, 7) is 0. The van der Waals surface area contributed by atoms with Gasteiger partial charge in [0.25, 0.3) is 5.69 Å². The first kappa shape index (κ1) is 15.1. The molecular formula is C12H12N6O4. The maximum Gasteiger partial charge on any atom is 0.427 e. The van der Waals surface area contributed by atoms with Gasteiger partial charge < -0.3 is 5.11 Å². The third kappa shape index (κ3) is 2.90. The molecule has 2 rings (SSSR count). The molecule has 0 aliphatic heterocycles. The standard InChI is InChI=1S/C12H12N6O4/c1-13-11(19)10-12(20)17(15-16(10)2)14-7-8-3-5-9(6-4-8)18(21)22/h3-7H,1-2H3,(H-,13,15,19,20). The number of nitrogens with zero attached hydrogens (tertiary/aromatic N) is 5. The molecule has 1 N–H and O–H groups in total. The van der Waals surface area contributed by atoms with Gasteiger partial charge in [0, 0.05) is 29.9 Å². The van der Waals surface area contributed by atoms with E-state index in [1.54, 1.807) is 0 Å². The third-order valence-electron chi connectivity index (χ3n) is 2.81. The van der Waals surface area contributed by atoms with Crippen molar-refractivity contribution in [3.63, 3.8) is 0 Å². The van der Waals surface area contributed by atoms with E-state index in [-0.39, 0.29) is 11.4 Å². The molecule has 10 nitrogen and oxygen atoms in total. The maximum atomic E-state index is 12.0. The van der Waals surface area contributed by atoms with E-state index in [0.717, 1.165) is 4.79 Å². The molecule has 22 heavy (non-hydrogen) atoms. The number of aromatic nitrogens is 3. The number of aromatic amines is 1. The molecule has 0 atom stereocenters. The molecule has 0 spiro atoms. The van der Waals surface area contributed by atoms with Crippen LogP contribution < -0.4 is 15.3 Å². The van der Waals surface area contributed by atoms with Gasteiger partial charge in [0.2, 0.25) is 5.69 Å². The summed E-state index contributed by atoms with van der Waals surface area (Å²) in [4.78, 5) is 26.3. The number of nitrogens with one attached hydrogen (secondary N) is 1. The van der Waals surface area contributed by atoms with Gasteiger partial charge in [0.15, 0.2) is 0 Å². The number of hydrogen-bond acceptors (Lipinski definition) is 6. The molecule has 0 saturated heterocycles. The molecule has 0 saturated carbocycles. The van der Waals surface area contributed by atoms with Crippen LogP contribution in [0.5, 0.6) is 0 Å². The Morgan fingerprint density at radius 1 is 1.41 bits per heavy atom. The Balaban J connectivity index is 2.31. The highest BCUT2D eigenvalue weighted by Crippen LogP contribution is 2.10. The Morgan fingerprint density at radius 3 is 2.59 bits per heavy atom. The van der Waals surface area contributed by atoms with Gasteiger partial charge in [0.05, 0.1) is 11.1 Å². The Morgan fingerprint density at radius 2 is 2.05 bits per heavy atom. The maximum absolute atomic E-state index is 12.0. The zero-order chi connectivity index (χ0) is 16.3. The Kier molecular flexibility index (Phi) is 4.11. The minimum atomic E-state index is -0.659. The van der Waals surface area contributed by atoms with Crippen molar-refractivity contribution in [2.24, 2.45) is 17.1 Å². The number of aryl methyl sites for hydroxylation is 1. The molecule has 0 unspecified atom stereocenters. The number of aliphatic imine (C=N–C) groups is 1. The number of nitro groups is 1. The van der Waals surface area contributed by atoms with Crippen molar-refractivity contribution >= 4 is 17.8 Å². The molecule has 1 aromatic heterocycles. The van der Waals surface area contributed by atoms with Crippen LogP contribution in [-0.2, 0) is 7.05 Å². The lowest BCUT2D eigenvalue weighted by atomic mass is 10.2. The Bertz CT molecular complexity index is 815. The SMILES string of the molecule is CN=C([O-])c1c(=O)n(N=Cc2ccc([N+](=O)[O-])cc2)[nH][n+]1C. The topological polar surface area (TPSA) is 133 Å². The smallest absolute Gasteiger partial charge is 0.427 e. The van der Waals surface area contributed by atoms with Crippen molar-refractivity contribution in [3.8, 4) is 0 Å². The molecule has 0 amide bonds. The lowest BCUT2D eigenvalue weighted by Crippen LogP contribution is -2.43. The van der Waals surface area contributed by atoms with Crippen LogP contribution in [0.4, 0.5) is 5.69 Å². The van der Waals surface area contributed by atoms with E-state index in [9.17, 15) is 20.0 Å². The summed E-state index contributed by atoms with van der Waals surface area (Å²) in [6.07, 6.45) is 1.33.